The maximum Gasteiger partial charge on any atom is 0.311 e. The zero-order valence-electron chi connectivity index (χ0n) is 16.3. The molecule has 28 heavy (non-hydrogen) atoms. The molecule has 2 rings (SSSR count). The predicted octanol–water partition coefficient (Wildman–Crippen LogP) is 4.42. The Balaban J connectivity index is 1.72. The molecule has 2 aromatic carbocycles. The molecule has 0 saturated heterocycles. The van der Waals surface area contributed by atoms with Crippen LogP contribution in [0.15, 0.2) is 42.5 Å². The van der Waals surface area contributed by atoms with E-state index < -0.39 is 4.92 Å². The number of nitro benzene ring substituents is 1. The SMILES string of the molecule is CC=Cc1ccc(OCCOCCOc2ccc(C)cc2[N+](=O)[O-])c(OC)c1. The van der Waals surface area contributed by atoms with Crippen LogP contribution in [0.2, 0.25) is 0 Å². The maximum atomic E-state index is 11.1. The third-order valence-electron chi connectivity index (χ3n) is 3.83. The summed E-state index contributed by atoms with van der Waals surface area (Å²) in [5, 5.41) is 11.1. The second kappa shape index (κ2) is 10.9. The smallest absolute Gasteiger partial charge is 0.311 e. The summed E-state index contributed by atoms with van der Waals surface area (Å²) < 4.78 is 21.9. The first kappa shape index (κ1) is 21.2. The number of rotatable bonds is 11. The maximum absolute atomic E-state index is 11.1. The Morgan fingerprint density at radius 2 is 1.64 bits per heavy atom. The molecule has 0 bridgehead atoms. The van der Waals surface area contributed by atoms with Gasteiger partial charge in [-0.1, -0.05) is 24.3 Å². The van der Waals surface area contributed by atoms with Crippen LogP contribution in [0, 0.1) is 17.0 Å². The number of methoxy groups -OCH3 is 1. The molecule has 0 aromatic heterocycles. The second-order valence-corrected chi connectivity index (χ2v) is 5.95. The van der Waals surface area contributed by atoms with Gasteiger partial charge in [-0.05, 0) is 43.2 Å². The highest BCUT2D eigenvalue weighted by molar-refractivity contribution is 5.55. The first-order valence-corrected chi connectivity index (χ1v) is 8.94. The monoisotopic (exact) mass is 387 g/mol. The van der Waals surface area contributed by atoms with Crippen molar-refractivity contribution in [1.29, 1.82) is 0 Å². The lowest BCUT2D eigenvalue weighted by Crippen LogP contribution is -2.12. The van der Waals surface area contributed by atoms with Crippen molar-refractivity contribution in [2.45, 2.75) is 13.8 Å². The number of allylic oxidation sites excluding steroid dienone is 1. The molecule has 2 aromatic rings. The molecule has 150 valence electrons. The van der Waals surface area contributed by atoms with Gasteiger partial charge in [0, 0.05) is 6.07 Å². The van der Waals surface area contributed by atoms with Crippen LogP contribution in [0.5, 0.6) is 17.2 Å². The van der Waals surface area contributed by atoms with Crippen LogP contribution in [0.4, 0.5) is 5.69 Å². The zero-order valence-corrected chi connectivity index (χ0v) is 16.3. The van der Waals surface area contributed by atoms with E-state index in [1.807, 2.05) is 37.3 Å². The van der Waals surface area contributed by atoms with Crippen molar-refractivity contribution in [2.24, 2.45) is 0 Å². The van der Waals surface area contributed by atoms with Crippen molar-refractivity contribution in [3.8, 4) is 17.2 Å². The van der Waals surface area contributed by atoms with Gasteiger partial charge in [0.1, 0.15) is 13.2 Å². The van der Waals surface area contributed by atoms with E-state index in [4.69, 9.17) is 18.9 Å². The standard InChI is InChI=1S/C21H25NO6/c1-4-5-17-7-9-20(21(15-17)25-3)28-13-11-26-10-12-27-19-8-6-16(2)14-18(19)22(23)24/h4-9,14-15H,10-13H2,1-3H3. The van der Waals surface area contributed by atoms with E-state index in [9.17, 15) is 10.1 Å². The fourth-order valence-electron chi connectivity index (χ4n) is 2.51. The first-order chi connectivity index (χ1) is 13.5. The fourth-order valence-corrected chi connectivity index (χ4v) is 2.51. The van der Waals surface area contributed by atoms with Crippen LogP contribution >= 0.6 is 0 Å². The van der Waals surface area contributed by atoms with Crippen LogP contribution in [0.1, 0.15) is 18.1 Å². The summed E-state index contributed by atoms with van der Waals surface area (Å²) in [6.45, 7) is 4.97. The molecule has 0 heterocycles. The van der Waals surface area contributed by atoms with Crippen LogP contribution < -0.4 is 14.2 Å². The highest BCUT2D eigenvalue weighted by Gasteiger charge is 2.14. The van der Waals surface area contributed by atoms with Crippen LogP contribution in [0.3, 0.4) is 0 Å². The van der Waals surface area contributed by atoms with Gasteiger partial charge in [-0.15, -0.1) is 0 Å². The van der Waals surface area contributed by atoms with Gasteiger partial charge in [0.15, 0.2) is 17.2 Å². The van der Waals surface area contributed by atoms with Gasteiger partial charge >= 0.3 is 5.69 Å². The lowest BCUT2D eigenvalue weighted by atomic mass is 10.2. The summed E-state index contributed by atoms with van der Waals surface area (Å²) >= 11 is 0. The lowest BCUT2D eigenvalue weighted by Gasteiger charge is -2.12. The molecule has 0 saturated carbocycles. The Morgan fingerprint density at radius 1 is 0.964 bits per heavy atom. The number of nitro groups is 1. The van der Waals surface area contributed by atoms with Gasteiger partial charge in [0.25, 0.3) is 0 Å². The molecule has 0 atom stereocenters. The molecule has 0 amide bonds. The summed E-state index contributed by atoms with van der Waals surface area (Å²) in [4.78, 5) is 10.6. The number of ether oxygens (including phenoxy) is 4. The minimum atomic E-state index is -0.452. The minimum Gasteiger partial charge on any atom is -0.493 e. The van der Waals surface area contributed by atoms with Gasteiger partial charge in [0.05, 0.1) is 25.2 Å². The average Bonchev–Trinajstić information content (AvgIpc) is 2.69. The molecule has 0 spiro atoms. The van der Waals surface area contributed by atoms with Gasteiger partial charge in [-0.3, -0.25) is 10.1 Å². The number of aryl methyl sites for hydroxylation is 1. The van der Waals surface area contributed by atoms with E-state index in [0.717, 1.165) is 11.1 Å². The highest BCUT2D eigenvalue weighted by atomic mass is 16.6. The van der Waals surface area contributed by atoms with Crippen LogP contribution in [-0.4, -0.2) is 38.5 Å². The predicted molar refractivity (Wildman–Crippen MR) is 107 cm³/mol. The zero-order chi connectivity index (χ0) is 20.4. The fraction of sp³-hybridized carbons (Fsp3) is 0.333. The average molecular weight is 387 g/mol. The Bertz CT molecular complexity index is 819. The number of benzene rings is 2. The normalized spacial score (nSPS) is 10.8. The van der Waals surface area contributed by atoms with Gasteiger partial charge in [-0.2, -0.15) is 0 Å². The van der Waals surface area contributed by atoms with Crippen molar-refractivity contribution in [3.63, 3.8) is 0 Å². The first-order valence-electron chi connectivity index (χ1n) is 8.94. The molecule has 0 radical (unpaired) electrons. The minimum absolute atomic E-state index is 0.0446. The summed E-state index contributed by atoms with van der Waals surface area (Å²) in [6.07, 6.45) is 3.93. The van der Waals surface area contributed by atoms with Gasteiger partial charge in [-0.25, -0.2) is 0 Å². The van der Waals surface area contributed by atoms with Crippen molar-refractivity contribution in [3.05, 3.63) is 63.7 Å². The molecule has 0 aliphatic heterocycles. The Morgan fingerprint density at radius 3 is 2.29 bits per heavy atom. The molecular formula is C21H25NO6. The molecule has 7 heteroatoms. The van der Waals surface area contributed by atoms with Crippen LogP contribution in [-0.2, 0) is 4.74 Å². The second-order valence-electron chi connectivity index (χ2n) is 5.95. The summed E-state index contributed by atoms with van der Waals surface area (Å²) in [6, 6.07) is 10.6. The number of hydrogen-bond donors (Lipinski definition) is 0. The molecular weight excluding hydrogens is 362 g/mol. The molecule has 0 N–H and O–H groups in total. The quantitative estimate of drug-likeness (QED) is 0.323. The van der Waals surface area contributed by atoms with Crippen molar-refractivity contribution in [1.82, 2.24) is 0 Å². The molecule has 0 fully saturated rings. The van der Waals surface area contributed by atoms with Crippen molar-refractivity contribution < 1.29 is 23.9 Å². The Labute approximate surface area is 164 Å². The van der Waals surface area contributed by atoms with E-state index in [1.165, 1.54) is 6.07 Å². The van der Waals surface area contributed by atoms with Crippen LogP contribution in [0.25, 0.3) is 6.08 Å². The third kappa shape index (κ3) is 6.28. The summed E-state index contributed by atoms with van der Waals surface area (Å²) in [5.74, 6) is 1.54. The number of hydrogen-bond acceptors (Lipinski definition) is 6. The van der Waals surface area contributed by atoms with Crippen molar-refractivity contribution in [2.75, 3.05) is 33.5 Å². The Hall–Kier alpha value is -3.06. The summed E-state index contributed by atoms with van der Waals surface area (Å²) in [7, 11) is 1.60. The van der Waals surface area contributed by atoms with Gasteiger partial charge < -0.3 is 18.9 Å². The van der Waals surface area contributed by atoms with E-state index in [1.54, 1.807) is 26.2 Å². The molecule has 0 aliphatic rings. The highest BCUT2D eigenvalue weighted by Crippen LogP contribution is 2.29. The molecule has 0 aliphatic carbocycles. The largest absolute Gasteiger partial charge is 0.493 e. The van der Waals surface area contributed by atoms with E-state index >= 15 is 0 Å². The van der Waals surface area contributed by atoms with Gasteiger partial charge in [0.2, 0.25) is 0 Å². The van der Waals surface area contributed by atoms with E-state index in [-0.39, 0.29) is 18.0 Å². The Kier molecular flexibility index (Phi) is 8.30. The van der Waals surface area contributed by atoms with E-state index in [2.05, 4.69) is 0 Å². The third-order valence-corrected chi connectivity index (χ3v) is 3.83. The van der Waals surface area contributed by atoms with Crippen molar-refractivity contribution >= 4 is 11.8 Å². The molecule has 7 nitrogen and oxygen atoms in total. The lowest BCUT2D eigenvalue weighted by molar-refractivity contribution is -0.385. The van der Waals surface area contributed by atoms with E-state index in [0.29, 0.717) is 31.3 Å². The number of nitrogens with zero attached hydrogens (tertiary/aromatic N) is 1. The topological polar surface area (TPSA) is 80.1 Å². The summed E-state index contributed by atoms with van der Waals surface area (Å²) in [5.41, 5.74) is 1.80. The molecule has 0 unspecified atom stereocenters.